The van der Waals surface area contributed by atoms with E-state index in [0.717, 1.165) is 6.73 Å². The third kappa shape index (κ3) is 6.78. The minimum absolute atomic E-state index is 0.382. The van der Waals surface area contributed by atoms with Gasteiger partial charge in [-0.3, -0.25) is 0 Å². The predicted octanol–water partition coefficient (Wildman–Crippen LogP) is 1.54. The second kappa shape index (κ2) is 8.81. The molecule has 0 unspecified atom stereocenters. The second-order valence-electron chi connectivity index (χ2n) is 4.51. The van der Waals surface area contributed by atoms with Crippen LogP contribution in [0.3, 0.4) is 0 Å². The number of ether oxygens (including phenoxy) is 1. The van der Waals surface area contributed by atoms with E-state index in [1.165, 1.54) is 49.3 Å². The van der Waals surface area contributed by atoms with Crippen LogP contribution in [-0.4, -0.2) is 37.0 Å². The smallest absolute Gasteiger partial charge is 0.190 e. The summed E-state index contributed by atoms with van der Waals surface area (Å²) >= 11 is 0. The summed E-state index contributed by atoms with van der Waals surface area (Å²) in [4.78, 5) is 0. The molecule has 0 aliphatic carbocycles. The molecule has 1 aliphatic heterocycles. The lowest BCUT2D eigenvalue weighted by Gasteiger charge is -2.33. The van der Waals surface area contributed by atoms with Gasteiger partial charge in [0, 0.05) is 12.8 Å². The molecular weight excluding hydrogens is 216 g/mol. The van der Waals surface area contributed by atoms with Crippen LogP contribution in [0.5, 0.6) is 0 Å². The van der Waals surface area contributed by atoms with Crippen LogP contribution in [0, 0.1) is 22.9 Å². The summed E-state index contributed by atoms with van der Waals surface area (Å²) in [7, 11) is 0. The first-order valence-electron chi connectivity index (χ1n) is 6.10. The molecule has 0 saturated carbocycles. The molecule has 1 N–H and O–H groups in total. The fraction of sp³-hybridized carbons (Fsp3) is 0.833. The van der Waals surface area contributed by atoms with Crippen molar-refractivity contribution in [3.8, 4) is 12.4 Å². The van der Waals surface area contributed by atoms with Gasteiger partial charge in [-0.15, -0.1) is 0 Å². The Hall–Kier alpha value is -1.30. The molecule has 1 aliphatic rings. The van der Waals surface area contributed by atoms with Crippen LogP contribution in [0.2, 0.25) is 0 Å². The largest absolute Gasteiger partial charge is 0.329 e. The number of rotatable bonds is 4. The summed E-state index contributed by atoms with van der Waals surface area (Å²) in [6.45, 7) is 11.3. The molecule has 0 bridgehead atoms. The van der Waals surface area contributed by atoms with E-state index in [9.17, 15) is 0 Å². The van der Waals surface area contributed by atoms with Gasteiger partial charge in [-0.2, -0.15) is 10.5 Å². The van der Waals surface area contributed by atoms with E-state index in [4.69, 9.17) is 15.3 Å². The van der Waals surface area contributed by atoms with Crippen molar-refractivity contribution in [1.82, 2.24) is 5.32 Å². The van der Waals surface area contributed by atoms with Gasteiger partial charge in [0.1, 0.15) is 0 Å². The molecule has 0 atom stereocenters. The van der Waals surface area contributed by atoms with Crippen molar-refractivity contribution in [2.75, 3.05) is 26.4 Å². The highest BCUT2D eigenvalue weighted by Crippen LogP contribution is 2.19. The van der Waals surface area contributed by atoms with E-state index in [0.29, 0.717) is 6.10 Å². The maximum atomic E-state index is 7.48. The number of nitrogens with zero attached hydrogens (tertiary/aromatic N) is 3. The van der Waals surface area contributed by atoms with E-state index in [1.807, 2.05) is 0 Å². The molecule has 5 nitrogen and oxygen atoms in total. The highest BCUT2D eigenvalue weighted by atomic mass is 16.5. The highest BCUT2D eigenvalue weighted by Gasteiger charge is 2.30. The lowest BCUT2D eigenvalue weighted by molar-refractivity contribution is -0.934. The van der Waals surface area contributed by atoms with Gasteiger partial charge in [0.2, 0.25) is 0 Å². The number of hydrogen-bond donors (Lipinski definition) is 1. The number of likely N-dealkylation sites (tertiary alicyclic amines) is 1. The van der Waals surface area contributed by atoms with E-state index in [-0.39, 0.29) is 0 Å². The minimum atomic E-state index is 0.382. The van der Waals surface area contributed by atoms with Gasteiger partial charge in [0.15, 0.2) is 19.1 Å². The first-order chi connectivity index (χ1) is 8.10. The van der Waals surface area contributed by atoms with E-state index in [1.54, 1.807) is 5.32 Å². The minimum Gasteiger partial charge on any atom is -0.329 e. The van der Waals surface area contributed by atoms with Crippen LogP contribution in [0.1, 0.15) is 33.6 Å². The van der Waals surface area contributed by atoms with Crippen LogP contribution in [0.25, 0.3) is 0 Å². The maximum absolute atomic E-state index is 7.48. The molecule has 0 spiro atoms. The van der Waals surface area contributed by atoms with Crippen LogP contribution >= 0.6 is 0 Å². The fourth-order valence-corrected chi connectivity index (χ4v) is 1.88. The van der Waals surface area contributed by atoms with Crippen molar-refractivity contribution in [3.63, 3.8) is 0 Å². The lowest BCUT2D eigenvalue weighted by Crippen LogP contribution is -2.47. The zero-order valence-electron chi connectivity index (χ0n) is 11.1. The Bertz CT molecular complexity index is 259. The first-order valence-corrected chi connectivity index (χ1v) is 6.10. The van der Waals surface area contributed by atoms with Crippen LogP contribution in [0.15, 0.2) is 0 Å². The Kier molecular flexibility index (Phi) is 8.13. The Balaban J connectivity index is 0.000000437. The summed E-state index contributed by atoms with van der Waals surface area (Å²) in [6, 6.07) is 0. The molecule has 1 saturated heterocycles. The number of nitrogens with one attached hydrogen (secondary N) is 1. The summed E-state index contributed by atoms with van der Waals surface area (Å²) in [5.41, 5.74) is 0. The molecule has 17 heavy (non-hydrogen) atoms. The molecule has 0 aromatic rings. The van der Waals surface area contributed by atoms with Crippen molar-refractivity contribution in [1.29, 1.82) is 10.5 Å². The average Bonchev–Trinajstić information content (AvgIpc) is 2.78. The normalized spacial score (nSPS) is 16.6. The summed E-state index contributed by atoms with van der Waals surface area (Å²) in [6.07, 6.45) is 5.96. The zero-order chi connectivity index (χ0) is 13.1. The average molecular weight is 239 g/mol. The van der Waals surface area contributed by atoms with Crippen molar-refractivity contribution in [2.24, 2.45) is 0 Å². The van der Waals surface area contributed by atoms with Gasteiger partial charge in [-0.05, 0) is 20.8 Å². The maximum Gasteiger partial charge on any atom is 0.190 e. The molecule has 0 radical (unpaired) electrons. The molecule has 0 aromatic heterocycles. The van der Waals surface area contributed by atoms with Crippen molar-refractivity contribution in [2.45, 2.75) is 39.7 Å². The SMILES string of the molecule is CC[N+]1(COC(C)C)CCCC1.N#CNC#N. The standard InChI is InChI=1S/C10H22NO.C2HN3/c1-4-11(7-5-6-8-11)9-12-10(2)3;3-1-5-2-4/h10H,4-9H2,1-3H3;5H/q+1;. The third-order valence-corrected chi connectivity index (χ3v) is 2.98. The molecule has 5 heteroatoms. The summed E-state index contributed by atoms with van der Waals surface area (Å²) in [5.74, 6) is 0. The summed E-state index contributed by atoms with van der Waals surface area (Å²) < 4.78 is 6.88. The van der Waals surface area contributed by atoms with Crippen LogP contribution < -0.4 is 5.32 Å². The molecule has 1 rings (SSSR count). The lowest BCUT2D eigenvalue weighted by atomic mass is 10.4. The highest BCUT2D eigenvalue weighted by molar-refractivity contribution is 4.77. The summed E-state index contributed by atoms with van der Waals surface area (Å²) in [5, 5.41) is 16.7. The Morgan fingerprint density at radius 2 is 1.76 bits per heavy atom. The van der Waals surface area contributed by atoms with Crippen LogP contribution in [0.4, 0.5) is 0 Å². The van der Waals surface area contributed by atoms with Crippen molar-refractivity contribution < 1.29 is 9.22 Å². The number of hydrogen-bond acceptors (Lipinski definition) is 4. The molecule has 96 valence electrons. The first kappa shape index (κ1) is 15.7. The topological polar surface area (TPSA) is 68.8 Å². The monoisotopic (exact) mass is 239 g/mol. The van der Waals surface area contributed by atoms with E-state index in [2.05, 4.69) is 20.8 Å². The number of nitriles is 2. The fourth-order valence-electron chi connectivity index (χ4n) is 1.88. The van der Waals surface area contributed by atoms with Crippen LogP contribution in [-0.2, 0) is 4.74 Å². The van der Waals surface area contributed by atoms with Gasteiger partial charge in [-0.1, -0.05) is 0 Å². The Labute approximate surface area is 104 Å². The van der Waals surface area contributed by atoms with Crippen molar-refractivity contribution in [3.05, 3.63) is 0 Å². The molecule has 0 amide bonds. The molecule has 1 heterocycles. The Morgan fingerprint density at radius 3 is 2.06 bits per heavy atom. The predicted molar refractivity (Wildman–Crippen MR) is 65.2 cm³/mol. The molecule has 0 aromatic carbocycles. The third-order valence-electron chi connectivity index (χ3n) is 2.98. The van der Waals surface area contributed by atoms with Crippen molar-refractivity contribution >= 4 is 0 Å². The van der Waals surface area contributed by atoms with Gasteiger partial charge >= 0.3 is 0 Å². The van der Waals surface area contributed by atoms with Gasteiger partial charge in [-0.25, -0.2) is 5.32 Å². The zero-order valence-corrected chi connectivity index (χ0v) is 11.1. The van der Waals surface area contributed by atoms with Gasteiger partial charge < -0.3 is 9.22 Å². The Morgan fingerprint density at radius 1 is 1.24 bits per heavy atom. The number of quaternary nitrogens is 1. The van der Waals surface area contributed by atoms with E-state index >= 15 is 0 Å². The second-order valence-corrected chi connectivity index (χ2v) is 4.51. The van der Waals surface area contributed by atoms with E-state index < -0.39 is 0 Å². The van der Waals surface area contributed by atoms with Gasteiger partial charge in [0.25, 0.3) is 0 Å². The van der Waals surface area contributed by atoms with Gasteiger partial charge in [0.05, 0.1) is 25.7 Å². The molecule has 1 fully saturated rings. The molecular formula is C12H23N4O+. The quantitative estimate of drug-likeness (QED) is 0.459.